The Morgan fingerprint density at radius 1 is 1.29 bits per heavy atom. The summed E-state index contributed by atoms with van der Waals surface area (Å²) in [7, 11) is 1.55. The van der Waals surface area contributed by atoms with Crippen LogP contribution in [0.5, 0.6) is 5.88 Å². The maximum atomic E-state index is 12.1. The molecule has 3 rings (SSSR count). The van der Waals surface area contributed by atoms with Crippen LogP contribution in [0.4, 0.5) is 0 Å². The van der Waals surface area contributed by atoms with Gasteiger partial charge in [0.15, 0.2) is 0 Å². The Bertz CT molecular complexity index is 824. The van der Waals surface area contributed by atoms with E-state index in [-0.39, 0.29) is 5.91 Å². The van der Waals surface area contributed by atoms with Crippen molar-refractivity contribution in [2.24, 2.45) is 0 Å². The predicted molar refractivity (Wildman–Crippen MR) is 97.0 cm³/mol. The molecule has 0 aliphatic rings. The maximum absolute atomic E-state index is 12.1. The Morgan fingerprint density at radius 3 is 2.83 bits per heavy atom. The fourth-order valence-electron chi connectivity index (χ4n) is 2.16. The van der Waals surface area contributed by atoms with Gasteiger partial charge in [0.25, 0.3) is 5.91 Å². The number of carbonyl (C=O) groups excluding carboxylic acids is 1. The lowest BCUT2D eigenvalue weighted by molar-refractivity contribution is 0.0954. The first-order valence-corrected chi connectivity index (χ1v) is 9.15. The molecular weight excluding hydrogens is 342 g/mol. The monoisotopic (exact) mass is 359 g/mol. The van der Waals surface area contributed by atoms with Gasteiger partial charge in [0.05, 0.1) is 28.3 Å². The van der Waals surface area contributed by atoms with Crippen molar-refractivity contribution in [1.82, 2.24) is 15.3 Å². The molecule has 0 saturated carbocycles. The van der Waals surface area contributed by atoms with Crippen LogP contribution in [0.2, 0.25) is 0 Å². The van der Waals surface area contributed by atoms with Crippen LogP contribution < -0.4 is 10.1 Å². The summed E-state index contributed by atoms with van der Waals surface area (Å²) in [5, 5.41) is 6.05. The van der Waals surface area contributed by atoms with E-state index in [0.717, 1.165) is 17.1 Å². The molecule has 3 aromatic heterocycles. The molecule has 0 bridgehead atoms. The smallest absolute Gasteiger partial charge is 0.252 e. The SMILES string of the molecule is COc1ccc(C(=O)NCCc2ccc(-c3csc(C)n3)s2)cn1. The number of amides is 1. The zero-order chi connectivity index (χ0) is 16.9. The van der Waals surface area contributed by atoms with Crippen LogP contribution in [-0.4, -0.2) is 29.5 Å². The third-order valence-corrected chi connectivity index (χ3v) is 5.34. The molecule has 1 N–H and O–H groups in total. The first kappa shape index (κ1) is 16.6. The van der Waals surface area contributed by atoms with Gasteiger partial charge < -0.3 is 10.1 Å². The molecule has 0 spiro atoms. The molecule has 0 unspecified atom stereocenters. The van der Waals surface area contributed by atoms with Crippen LogP contribution in [0.3, 0.4) is 0 Å². The molecule has 0 atom stereocenters. The predicted octanol–water partition coefficient (Wildman–Crippen LogP) is 3.56. The number of aromatic nitrogens is 2. The average Bonchev–Trinajstić information content (AvgIpc) is 3.24. The quantitative estimate of drug-likeness (QED) is 0.731. The van der Waals surface area contributed by atoms with Crippen molar-refractivity contribution >= 4 is 28.6 Å². The summed E-state index contributed by atoms with van der Waals surface area (Å²) in [4.78, 5) is 23.0. The number of carbonyl (C=O) groups is 1. The van der Waals surface area contributed by atoms with Crippen LogP contribution in [0.25, 0.3) is 10.6 Å². The van der Waals surface area contributed by atoms with E-state index in [1.807, 2.05) is 6.92 Å². The van der Waals surface area contributed by atoms with Crippen molar-refractivity contribution in [1.29, 1.82) is 0 Å². The Balaban J connectivity index is 1.52. The van der Waals surface area contributed by atoms with Gasteiger partial charge in [-0.25, -0.2) is 9.97 Å². The zero-order valence-electron chi connectivity index (χ0n) is 13.4. The van der Waals surface area contributed by atoms with Gasteiger partial charge in [-0.15, -0.1) is 22.7 Å². The van der Waals surface area contributed by atoms with Gasteiger partial charge in [0.1, 0.15) is 0 Å². The number of hydrogen-bond acceptors (Lipinski definition) is 6. The molecule has 0 aliphatic carbocycles. The number of hydrogen-bond donors (Lipinski definition) is 1. The first-order chi connectivity index (χ1) is 11.7. The molecule has 3 heterocycles. The molecule has 1 amide bonds. The number of rotatable bonds is 6. The molecule has 0 radical (unpaired) electrons. The molecular formula is C17H17N3O2S2. The lowest BCUT2D eigenvalue weighted by Crippen LogP contribution is -2.25. The first-order valence-electron chi connectivity index (χ1n) is 7.45. The van der Waals surface area contributed by atoms with E-state index in [4.69, 9.17) is 4.74 Å². The van der Waals surface area contributed by atoms with Gasteiger partial charge in [-0.2, -0.15) is 0 Å². The number of thiazole rings is 1. The normalized spacial score (nSPS) is 10.6. The van der Waals surface area contributed by atoms with Crippen molar-refractivity contribution in [3.8, 4) is 16.5 Å². The highest BCUT2D eigenvalue weighted by Gasteiger charge is 2.08. The number of nitrogens with zero attached hydrogens (tertiary/aromatic N) is 2. The van der Waals surface area contributed by atoms with Crippen molar-refractivity contribution in [2.75, 3.05) is 13.7 Å². The lowest BCUT2D eigenvalue weighted by Gasteiger charge is -2.04. The molecule has 0 fully saturated rings. The molecule has 5 nitrogen and oxygen atoms in total. The third kappa shape index (κ3) is 3.98. The van der Waals surface area contributed by atoms with Gasteiger partial charge in [-0.05, 0) is 31.5 Å². The number of thiophene rings is 1. The van der Waals surface area contributed by atoms with E-state index in [2.05, 4.69) is 32.8 Å². The Kier molecular flexibility index (Phi) is 5.22. The Morgan fingerprint density at radius 2 is 2.17 bits per heavy atom. The van der Waals surface area contributed by atoms with Crippen LogP contribution >= 0.6 is 22.7 Å². The summed E-state index contributed by atoms with van der Waals surface area (Å²) in [6.45, 7) is 2.59. The van der Waals surface area contributed by atoms with Gasteiger partial charge in [-0.1, -0.05) is 0 Å². The minimum absolute atomic E-state index is 0.128. The summed E-state index contributed by atoms with van der Waals surface area (Å²) in [5.41, 5.74) is 1.56. The maximum Gasteiger partial charge on any atom is 0.252 e. The summed E-state index contributed by atoms with van der Waals surface area (Å²) in [5.74, 6) is 0.368. The van der Waals surface area contributed by atoms with Gasteiger partial charge in [-0.3, -0.25) is 4.79 Å². The van der Waals surface area contributed by atoms with Crippen LogP contribution in [0.15, 0.2) is 35.8 Å². The highest BCUT2D eigenvalue weighted by molar-refractivity contribution is 7.16. The van der Waals surface area contributed by atoms with Crippen LogP contribution in [-0.2, 0) is 6.42 Å². The minimum Gasteiger partial charge on any atom is -0.481 e. The van der Waals surface area contributed by atoms with E-state index in [9.17, 15) is 4.79 Å². The van der Waals surface area contributed by atoms with Crippen molar-refractivity contribution in [3.63, 3.8) is 0 Å². The van der Waals surface area contributed by atoms with Crippen LogP contribution in [0.1, 0.15) is 20.2 Å². The second-order valence-corrected chi connectivity index (χ2v) is 7.34. The zero-order valence-corrected chi connectivity index (χ0v) is 15.0. The second kappa shape index (κ2) is 7.55. The van der Waals surface area contributed by atoms with E-state index >= 15 is 0 Å². The summed E-state index contributed by atoms with van der Waals surface area (Å²) in [6.07, 6.45) is 2.31. The van der Waals surface area contributed by atoms with Gasteiger partial charge in [0, 0.05) is 29.1 Å². The molecule has 0 saturated heterocycles. The lowest BCUT2D eigenvalue weighted by atomic mass is 10.2. The molecule has 0 aliphatic heterocycles. The van der Waals surface area contributed by atoms with Crippen LogP contribution in [0, 0.1) is 6.92 Å². The fourth-order valence-corrected chi connectivity index (χ4v) is 3.82. The summed E-state index contributed by atoms with van der Waals surface area (Å²) < 4.78 is 4.98. The number of methoxy groups -OCH3 is 1. The van der Waals surface area contributed by atoms with E-state index in [0.29, 0.717) is 18.0 Å². The van der Waals surface area contributed by atoms with E-state index in [1.54, 1.807) is 41.9 Å². The topological polar surface area (TPSA) is 64.1 Å². The van der Waals surface area contributed by atoms with Crippen molar-refractivity contribution in [2.45, 2.75) is 13.3 Å². The largest absolute Gasteiger partial charge is 0.481 e. The molecule has 3 aromatic rings. The van der Waals surface area contributed by atoms with Gasteiger partial charge >= 0.3 is 0 Å². The number of pyridine rings is 1. The van der Waals surface area contributed by atoms with Crippen molar-refractivity contribution in [3.05, 3.63) is 51.3 Å². The molecule has 24 heavy (non-hydrogen) atoms. The number of ether oxygens (including phenoxy) is 1. The molecule has 7 heteroatoms. The molecule has 0 aromatic carbocycles. The summed E-state index contributed by atoms with van der Waals surface area (Å²) in [6, 6.07) is 7.56. The average molecular weight is 359 g/mol. The highest BCUT2D eigenvalue weighted by atomic mass is 32.1. The van der Waals surface area contributed by atoms with E-state index < -0.39 is 0 Å². The molecule has 124 valence electrons. The minimum atomic E-state index is -0.128. The number of aryl methyl sites for hydroxylation is 1. The standard InChI is InChI=1S/C17H17N3O2S2/c1-11-20-14(10-23-11)15-5-4-13(24-15)7-8-18-17(21)12-3-6-16(22-2)19-9-12/h3-6,9-10H,7-8H2,1-2H3,(H,18,21). The van der Waals surface area contributed by atoms with Gasteiger partial charge in [0.2, 0.25) is 5.88 Å². The van der Waals surface area contributed by atoms with Crippen molar-refractivity contribution < 1.29 is 9.53 Å². The van der Waals surface area contributed by atoms with E-state index in [1.165, 1.54) is 16.0 Å². The Labute approximate surface area is 148 Å². The second-order valence-electron chi connectivity index (χ2n) is 5.11. The number of nitrogens with one attached hydrogen (secondary N) is 1. The summed E-state index contributed by atoms with van der Waals surface area (Å²) >= 11 is 3.37. The third-order valence-electron chi connectivity index (χ3n) is 3.40. The Hall–Kier alpha value is -2.25. The fraction of sp³-hybridized carbons (Fsp3) is 0.235. The highest BCUT2D eigenvalue weighted by Crippen LogP contribution is 2.29.